The zero-order chi connectivity index (χ0) is 23.1. The van der Waals surface area contributed by atoms with Gasteiger partial charge in [0.15, 0.2) is 11.5 Å². The van der Waals surface area contributed by atoms with Gasteiger partial charge in [-0.2, -0.15) is 5.10 Å². The molecule has 164 valence electrons. The number of ether oxygens (including phenoxy) is 2. The molecule has 0 spiro atoms. The van der Waals surface area contributed by atoms with Gasteiger partial charge >= 0.3 is 0 Å². The zero-order valence-corrected chi connectivity index (χ0v) is 18.8. The third kappa shape index (κ3) is 5.70. The molecule has 0 aromatic heterocycles. The maximum absolute atomic E-state index is 13.0. The number of rotatable bonds is 7. The second-order valence-electron chi connectivity index (χ2n) is 6.46. The zero-order valence-electron chi connectivity index (χ0n) is 17.2. The van der Waals surface area contributed by atoms with Crippen molar-refractivity contribution in [1.29, 1.82) is 0 Å². The highest BCUT2D eigenvalue weighted by atomic mass is 79.9. The molecule has 0 aliphatic carbocycles. The minimum atomic E-state index is -0.535. The molecule has 0 radical (unpaired) electrons. The first kappa shape index (κ1) is 23.0. The van der Waals surface area contributed by atoms with Gasteiger partial charge in [-0.05, 0) is 54.1 Å². The third-order valence-corrected chi connectivity index (χ3v) is 4.86. The maximum Gasteiger partial charge on any atom is 0.273 e. The fraction of sp³-hybridized carbons (Fsp3) is 0.0870. The van der Waals surface area contributed by atoms with E-state index in [2.05, 4.69) is 31.8 Å². The molecule has 0 bridgehead atoms. The Hall–Kier alpha value is -3.72. The summed E-state index contributed by atoms with van der Waals surface area (Å²) in [5.74, 6) is -0.435. The van der Waals surface area contributed by atoms with E-state index in [-0.39, 0.29) is 11.4 Å². The van der Waals surface area contributed by atoms with Crippen LogP contribution in [-0.4, -0.2) is 32.2 Å². The lowest BCUT2D eigenvalue weighted by atomic mass is 10.1. The van der Waals surface area contributed by atoms with Gasteiger partial charge in [0, 0.05) is 10.0 Å². The first-order valence-electron chi connectivity index (χ1n) is 9.33. The number of methoxy groups -OCH3 is 2. The highest BCUT2D eigenvalue weighted by molar-refractivity contribution is 9.10. The van der Waals surface area contributed by atoms with Crippen LogP contribution in [0.2, 0.25) is 0 Å². The van der Waals surface area contributed by atoms with Gasteiger partial charge in [0.2, 0.25) is 0 Å². The molecule has 0 unspecified atom stereocenters. The minimum absolute atomic E-state index is 0.199. The molecule has 0 heterocycles. The monoisotopic (exact) mass is 499 g/mol. The Bertz CT molecular complexity index is 1170. The number of nitrogens with one attached hydrogen (secondary N) is 2. The fourth-order valence-electron chi connectivity index (χ4n) is 2.76. The largest absolute Gasteiger partial charge is 0.493 e. The van der Waals surface area contributed by atoms with E-state index in [0.717, 1.165) is 0 Å². The number of hydrogen-bond acceptors (Lipinski definition) is 5. The Kier molecular flexibility index (Phi) is 7.56. The molecule has 3 aromatic carbocycles. The summed E-state index contributed by atoms with van der Waals surface area (Å²) in [4.78, 5) is 25.4. The van der Waals surface area contributed by atoms with Gasteiger partial charge in [0.1, 0.15) is 5.82 Å². The van der Waals surface area contributed by atoms with Crippen molar-refractivity contribution in [2.45, 2.75) is 0 Å². The molecule has 3 rings (SSSR count). The van der Waals surface area contributed by atoms with Gasteiger partial charge in [0.25, 0.3) is 11.8 Å². The molecule has 2 N–H and O–H groups in total. The van der Waals surface area contributed by atoms with Crippen LogP contribution in [0, 0.1) is 5.82 Å². The molecule has 0 aliphatic rings. The van der Waals surface area contributed by atoms with Crippen LogP contribution in [0.4, 0.5) is 10.1 Å². The van der Waals surface area contributed by atoms with E-state index in [4.69, 9.17) is 9.47 Å². The average Bonchev–Trinajstić information content (AvgIpc) is 2.80. The Labute approximate surface area is 192 Å². The summed E-state index contributed by atoms with van der Waals surface area (Å²) in [5.41, 5.74) is 3.84. The third-order valence-electron chi connectivity index (χ3n) is 4.37. The summed E-state index contributed by atoms with van der Waals surface area (Å²) in [5, 5.41) is 6.62. The number of hydrazone groups is 1. The van der Waals surface area contributed by atoms with Crippen molar-refractivity contribution in [3.05, 3.63) is 87.6 Å². The van der Waals surface area contributed by atoms with E-state index in [1.165, 1.54) is 44.7 Å². The van der Waals surface area contributed by atoms with Crippen LogP contribution >= 0.6 is 15.9 Å². The van der Waals surface area contributed by atoms with Gasteiger partial charge in [-0.1, -0.05) is 28.1 Å². The molecular formula is C23H19BrFN3O4. The average molecular weight is 500 g/mol. The smallest absolute Gasteiger partial charge is 0.273 e. The van der Waals surface area contributed by atoms with E-state index >= 15 is 0 Å². The number of hydrogen-bond donors (Lipinski definition) is 2. The predicted octanol–water partition coefficient (Wildman–Crippen LogP) is 4.62. The van der Waals surface area contributed by atoms with Crippen molar-refractivity contribution in [3.8, 4) is 11.5 Å². The van der Waals surface area contributed by atoms with Crippen molar-refractivity contribution in [1.82, 2.24) is 5.43 Å². The summed E-state index contributed by atoms with van der Waals surface area (Å²) in [6.45, 7) is 0. The number of carbonyl (C=O) groups excluding carboxylic acids is 2. The molecule has 0 fully saturated rings. The van der Waals surface area contributed by atoms with Crippen LogP contribution in [0.1, 0.15) is 26.3 Å². The quantitative estimate of drug-likeness (QED) is 0.366. The van der Waals surface area contributed by atoms with Crippen LogP contribution in [-0.2, 0) is 0 Å². The van der Waals surface area contributed by atoms with Crippen LogP contribution in [0.15, 0.2) is 70.2 Å². The predicted molar refractivity (Wildman–Crippen MR) is 123 cm³/mol. The lowest BCUT2D eigenvalue weighted by Gasteiger charge is -2.12. The Morgan fingerprint density at radius 3 is 2.34 bits per heavy atom. The van der Waals surface area contributed by atoms with Crippen LogP contribution in [0.25, 0.3) is 0 Å². The van der Waals surface area contributed by atoms with Gasteiger partial charge in [-0.15, -0.1) is 0 Å². The number of amides is 2. The molecule has 2 amide bonds. The van der Waals surface area contributed by atoms with E-state index < -0.39 is 11.8 Å². The molecule has 7 nitrogen and oxygen atoms in total. The van der Waals surface area contributed by atoms with Gasteiger partial charge < -0.3 is 14.8 Å². The van der Waals surface area contributed by atoms with E-state index in [9.17, 15) is 14.0 Å². The topological polar surface area (TPSA) is 89.0 Å². The Morgan fingerprint density at radius 1 is 0.938 bits per heavy atom. The van der Waals surface area contributed by atoms with Crippen molar-refractivity contribution in [2.75, 3.05) is 19.5 Å². The number of carbonyl (C=O) groups is 2. The van der Waals surface area contributed by atoms with E-state index in [1.807, 2.05) is 0 Å². The second-order valence-corrected chi connectivity index (χ2v) is 7.38. The van der Waals surface area contributed by atoms with Crippen LogP contribution < -0.4 is 20.2 Å². The lowest BCUT2D eigenvalue weighted by Crippen LogP contribution is -2.21. The standard InChI is InChI=1S/C23H19BrFN3O4/c1-31-20-10-5-15(11-21(20)32-2)22(29)27-19-9-6-16(24)12-18(19)23(30)28-26-13-14-3-7-17(25)8-4-14/h3-13H,1-2H3,(H,27,29)(H,28,30)/b26-13+. The van der Waals surface area contributed by atoms with Gasteiger partial charge in [-0.25, -0.2) is 9.82 Å². The summed E-state index contributed by atoms with van der Waals surface area (Å²) < 4.78 is 24.0. The lowest BCUT2D eigenvalue weighted by molar-refractivity contribution is 0.0956. The highest BCUT2D eigenvalue weighted by Crippen LogP contribution is 2.28. The van der Waals surface area contributed by atoms with Crippen molar-refractivity contribution < 1.29 is 23.5 Å². The van der Waals surface area contributed by atoms with E-state index in [0.29, 0.717) is 32.8 Å². The molecule has 0 atom stereocenters. The first-order chi connectivity index (χ1) is 15.4. The molecule has 3 aromatic rings. The second kappa shape index (κ2) is 10.5. The molecular weight excluding hydrogens is 481 g/mol. The number of benzene rings is 3. The first-order valence-corrected chi connectivity index (χ1v) is 10.1. The Morgan fingerprint density at radius 2 is 1.66 bits per heavy atom. The molecule has 0 aliphatic heterocycles. The minimum Gasteiger partial charge on any atom is -0.493 e. The Balaban J connectivity index is 1.77. The summed E-state index contributed by atoms with van der Waals surface area (Å²) >= 11 is 3.33. The molecule has 9 heteroatoms. The van der Waals surface area contributed by atoms with Crippen molar-refractivity contribution in [2.24, 2.45) is 5.10 Å². The van der Waals surface area contributed by atoms with Crippen LogP contribution in [0.3, 0.4) is 0 Å². The number of nitrogens with zero attached hydrogens (tertiary/aromatic N) is 1. The van der Waals surface area contributed by atoms with Gasteiger partial charge in [-0.3, -0.25) is 9.59 Å². The summed E-state index contributed by atoms with van der Waals surface area (Å²) in [6.07, 6.45) is 1.39. The SMILES string of the molecule is COc1ccc(C(=O)Nc2ccc(Br)cc2C(=O)N/N=C/c2ccc(F)cc2)cc1OC. The normalized spacial score (nSPS) is 10.6. The maximum atomic E-state index is 13.0. The number of anilines is 1. The summed E-state index contributed by atoms with van der Waals surface area (Å²) in [7, 11) is 2.98. The van der Waals surface area contributed by atoms with Crippen LogP contribution in [0.5, 0.6) is 11.5 Å². The van der Waals surface area contributed by atoms with Crippen molar-refractivity contribution in [3.63, 3.8) is 0 Å². The fourth-order valence-corrected chi connectivity index (χ4v) is 3.12. The highest BCUT2D eigenvalue weighted by Gasteiger charge is 2.16. The van der Waals surface area contributed by atoms with Gasteiger partial charge in [0.05, 0.1) is 31.7 Å². The molecule has 32 heavy (non-hydrogen) atoms. The summed E-state index contributed by atoms with van der Waals surface area (Å²) in [6, 6.07) is 15.2. The van der Waals surface area contributed by atoms with Crippen molar-refractivity contribution >= 4 is 39.6 Å². The number of halogens is 2. The molecule has 0 saturated carbocycles. The molecule has 0 saturated heterocycles. The van der Waals surface area contributed by atoms with E-state index in [1.54, 1.807) is 36.4 Å².